The Balaban J connectivity index is 1.81. The third-order valence-corrected chi connectivity index (χ3v) is 3.97. The van der Waals surface area contributed by atoms with Gasteiger partial charge in [0, 0.05) is 11.1 Å². The number of aromatic nitrogens is 1. The number of hydrogen-bond donors (Lipinski definition) is 0. The molecule has 0 fully saturated rings. The van der Waals surface area contributed by atoms with Crippen LogP contribution in [0, 0.1) is 5.82 Å². The van der Waals surface area contributed by atoms with Crippen molar-refractivity contribution in [1.82, 2.24) is 5.16 Å². The van der Waals surface area contributed by atoms with Crippen LogP contribution in [-0.4, -0.2) is 5.16 Å². The molecule has 0 unspecified atom stereocenters. The lowest BCUT2D eigenvalue weighted by molar-refractivity contribution is 0.429. The molecule has 1 heterocycles. The highest BCUT2D eigenvalue weighted by Crippen LogP contribution is 2.30. The third kappa shape index (κ3) is 3.50. The van der Waals surface area contributed by atoms with Crippen molar-refractivity contribution in [3.63, 3.8) is 0 Å². The summed E-state index contributed by atoms with van der Waals surface area (Å²) < 4.78 is 19.8. The Labute approximate surface area is 136 Å². The Bertz CT molecular complexity index is 747. The summed E-state index contributed by atoms with van der Waals surface area (Å²) in [6.45, 7) is 2.19. The molecule has 0 amide bonds. The smallest absolute Gasteiger partial charge is 0.203 e. The Morgan fingerprint density at radius 1 is 0.913 bits per heavy atom. The number of rotatable bonds is 6. The van der Waals surface area contributed by atoms with Crippen LogP contribution in [0.25, 0.3) is 22.6 Å². The first-order valence-electron chi connectivity index (χ1n) is 8.09. The zero-order valence-electron chi connectivity index (χ0n) is 13.3. The van der Waals surface area contributed by atoms with Gasteiger partial charge in [-0.3, -0.25) is 0 Å². The number of hydrogen-bond acceptors (Lipinski definition) is 2. The average molecular weight is 309 g/mol. The molecule has 3 heteroatoms. The van der Waals surface area contributed by atoms with E-state index in [0.29, 0.717) is 0 Å². The molecule has 0 spiro atoms. The molecule has 0 saturated carbocycles. The van der Waals surface area contributed by atoms with Crippen LogP contribution in [0.5, 0.6) is 0 Å². The fourth-order valence-corrected chi connectivity index (χ4v) is 2.64. The monoisotopic (exact) mass is 309 g/mol. The molecule has 3 rings (SSSR count). The van der Waals surface area contributed by atoms with E-state index in [9.17, 15) is 4.39 Å². The minimum Gasteiger partial charge on any atom is -0.352 e. The van der Waals surface area contributed by atoms with Crippen molar-refractivity contribution in [3.8, 4) is 22.6 Å². The summed E-state index contributed by atoms with van der Waals surface area (Å²) in [5.74, 6) is -0.209. The van der Waals surface area contributed by atoms with E-state index < -0.39 is 5.82 Å². The van der Waals surface area contributed by atoms with E-state index in [-0.39, 0.29) is 11.5 Å². The van der Waals surface area contributed by atoms with Crippen molar-refractivity contribution in [3.05, 3.63) is 66.0 Å². The van der Waals surface area contributed by atoms with Gasteiger partial charge in [-0.2, -0.15) is 0 Å². The number of nitrogens with zero attached hydrogens (tertiary/aromatic N) is 1. The molecular formula is C20H20FNO. The Kier molecular flexibility index (Phi) is 4.86. The maximum atomic E-state index is 14.6. The predicted molar refractivity (Wildman–Crippen MR) is 90.6 cm³/mol. The van der Waals surface area contributed by atoms with Gasteiger partial charge in [-0.05, 0) is 18.4 Å². The Morgan fingerprint density at radius 3 is 2.35 bits per heavy atom. The fourth-order valence-electron chi connectivity index (χ4n) is 2.64. The van der Waals surface area contributed by atoms with Crippen molar-refractivity contribution in [2.24, 2.45) is 0 Å². The zero-order valence-corrected chi connectivity index (χ0v) is 13.3. The van der Waals surface area contributed by atoms with Crippen LogP contribution < -0.4 is 0 Å². The van der Waals surface area contributed by atoms with E-state index in [2.05, 4.69) is 12.1 Å². The molecule has 0 radical (unpaired) electrons. The van der Waals surface area contributed by atoms with Gasteiger partial charge in [-0.15, -0.1) is 0 Å². The van der Waals surface area contributed by atoms with Crippen molar-refractivity contribution in [2.45, 2.75) is 32.6 Å². The highest BCUT2D eigenvalue weighted by atomic mass is 19.1. The first kappa shape index (κ1) is 15.5. The van der Waals surface area contributed by atoms with Gasteiger partial charge in [0.05, 0.1) is 0 Å². The predicted octanol–water partition coefficient (Wildman–Crippen LogP) is 5.88. The van der Waals surface area contributed by atoms with E-state index in [4.69, 9.17) is 4.52 Å². The first-order valence-corrected chi connectivity index (χ1v) is 8.09. The molecule has 2 aromatic carbocycles. The van der Waals surface area contributed by atoms with Gasteiger partial charge in [-0.1, -0.05) is 79.5 Å². The van der Waals surface area contributed by atoms with Gasteiger partial charge in [0.25, 0.3) is 0 Å². The van der Waals surface area contributed by atoms with E-state index in [1.165, 1.54) is 24.8 Å². The second-order valence-electron chi connectivity index (χ2n) is 5.69. The molecular weight excluding hydrogens is 289 g/mol. The average Bonchev–Trinajstić information content (AvgIpc) is 2.98. The van der Waals surface area contributed by atoms with Crippen LogP contribution in [0.2, 0.25) is 0 Å². The van der Waals surface area contributed by atoms with Crippen LogP contribution in [0.4, 0.5) is 4.39 Å². The summed E-state index contributed by atoms with van der Waals surface area (Å²) in [6, 6.07) is 17.1. The van der Waals surface area contributed by atoms with Gasteiger partial charge < -0.3 is 4.52 Å². The van der Waals surface area contributed by atoms with Crippen molar-refractivity contribution in [2.75, 3.05) is 0 Å². The molecule has 0 aliphatic rings. The lowest BCUT2D eigenvalue weighted by Gasteiger charge is -2.02. The lowest BCUT2D eigenvalue weighted by atomic mass is 10.0. The third-order valence-electron chi connectivity index (χ3n) is 3.97. The summed E-state index contributed by atoms with van der Waals surface area (Å²) in [5.41, 5.74) is 2.96. The SMILES string of the molecule is CCCCCc1ccc(-c2onc(-c3ccccc3)c2F)cc1. The molecule has 118 valence electrons. The molecule has 0 bridgehead atoms. The van der Waals surface area contributed by atoms with Crippen molar-refractivity contribution in [1.29, 1.82) is 0 Å². The Morgan fingerprint density at radius 2 is 1.65 bits per heavy atom. The van der Waals surface area contributed by atoms with Gasteiger partial charge in [0.2, 0.25) is 5.76 Å². The van der Waals surface area contributed by atoms with Crippen LogP contribution in [0.15, 0.2) is 59.1 Å². The highest BCUT2D eigenvalue weighted by molar-refractivity contribution is 5.67. The van der Waals surface area contributed by atoms with Gasteiger partial charge in [-0.25, -0.2) is 4.39 Å². The van der Waals surface area contributed by atoms with Crippen LogP contribution in [0.3, 0.4) is 0 Å². The summed E-state index contributed by atoms with van der Waals surface area (Å²) in [7, 11) is 0. The van der Waals surface area contributed by atoms with E-state index in [1.807, 2.05) is 54.6 Å². The normalized spacial score (nSPS) is 10.9. The molecule has 0 saturated heterocycles. The van der Waals surface area contributed by atoms with Gasteiger partial charge in [0.1, 0.15) is 5.69 Å². The van der Waals surface area contributed by atoms with Crippen molar-refractivity contribution < 1.29 is 8.91 Å². The molecule has 0 atom stereocenters. The fraction of sp³-hybridized carbons (Fsp3) is 0.250. The van der Waals surface area contributed by atoms with E-state index >= 15 is 0 Å². The number of aryl methyl sites for hydroxylation is 1. The first-order chi connectivity index (χ1) is 11.3. The minimum absolute atomic E-state index is 0.198. The number of unbranched alkanes of at least 4 members (excludes halogenated alkanes) is 2. The quantitative estimate of drug-likeness (QED) is 0.531. The molecule has 2 nitrogen and oxygen atoms in total. The van der Waals surface area contributed by atoms with Crippen LogP contribution in [-0.2, 0) is 6.42 Å². The molecule has 1 aromatic heterocycles. The topological polar surface area (TPSA) is 26.0 Å². The number of halogens is 1. The summed E-state index contributed by atoms with van der Waals surface area (Å²) in [5, 5.41) is 3.90. The molecule has 3 aromatic rings. The summed E-state index contributed by atoms with van der Waals surface area (Å²) in [4.78, 5) is 0. The largest absolute Gasteiger partial charge is 0.352 e. The maximum Gasteiger partial charge on any atom is 0.203 e. The molecule has 23 heavy (non-hydrogen) atoms. The molecule has 0 N–H and O–H groups in total. The number of benzene rings is 2. The highest BCUT2D eigenvalue weighted by Gasteiger charge is 2.18. The van der Waals surface area contributed by atoms with Crippen LogP contribution in [0.1, 0.15) is 31.7 Å². The molecule has 0 aliphatic heterocycles. The van der Waals surface area contributed by atoms with Gasteiger partial charge in [0.15, 0.2) is 5.82 Å². The van der Waals surface area contributed by atoms with E-state index in [1.54, 1.807) is 0 Å². The van der Waals surface area contributed by atoms with E-state index in [0.717, 1.165) is 17.5 Å². The lowest BCUT2D eigenvalue weighted by Crippen LogP contribution is -1.86. The minimum atomic E-state index is -0.407. The maximum absolute atomic E-state index is 14.6. The zero-order chi connectivity index (χ0) is 16.1. The summed E-state index contributed by atoms with van der Waals surface area (Å²) >= 11 is 0. The second-order valence-corrected chi connectivity index (χ2v) is 5.69. The van der Waals surface area contributed by atoms with Crippen molar-refractivity contribution >= 4 is 0 Å². The molecule has 0 aliphatic carbocycles. The Hall–Kier alpha value is -2.42. The van der Waals surface area contributed by atoms with Crippen LogP contribution >= 0.6 is 0 Å². The standard InChI is InChI=1S/C20H20FNO/c1-2-3-5-8-15-11-13-17(14-12-15)20-18(21)19(22-23-20)16-9-6-4-7-10-16/h4,6-7,9-14H,2-3,5,8H2,1H3. The van der Waals surface area contributed by atoms with Gasteiger partial charge >= 0.3 is 0 Å². The summed E-state index contributed by atoms with van der Waals surface area (Å²) in [6.07, 6.45) is 4.69. The second kappa shape index (κ2) is 7.23.